The van der Waals surface area contributed by atoms with Crippen LogP contribution in [0.25, 0.3) is 0 Å². The summed E-state index contributed by atoms with van der Waals surface area (Å²) in [7, 11) is 0. The number of benzene rings is 1. The molecule has 0 saturated heterocycles. The number of hydrogen-bond acceptors (Lipinski definition) is 4. The van der Waals surface area contributed by atoms with Crippen LogP contribution >= 0.6 is 27.3 Å². The number of halogens is 1. The molecule has 0 fully saturated rings. The van der Waals surface area contributed by atoms with Crippen LogP contribution in [0, 0.1) is 18.3 Å². The molecule has 5 heteroatoms. The van der Waals surface area contributed by atoms with Crippen molar-refractivity contribution in [3.05, 3.63) is 50.1 Å². The van der Waals surface area contributed by atoms with Gasteiger partial charge in [-0.1, -0.05) is 13.0 Å². The lowest BCUT2D eigenvalue weighted by atomic mass is 10.1. The van der Waals surface area contributed by atoms with Crippen molar-refractivity contribution < 1.29 is 4.74 Å². The highest BCUT2D eigenvalue weighted by Gasteiger charge is 2.23. The summed E-state index contributed by atoms with van der Waals surface area (Å²) in [6, 6.07) is 9.54. The number of nitriles is 1. The smallest absolute Gasteiger partial charge is 0.148 e. The van der Waals surface area contributed by atoms with Gasteiger partial charge in [-0.2, -0.15) is 5.26 Å². The summed E-state index contributed by atoms with van der Waals surface area (Å²) >= 11 is 5.08. The van der Waals surface area contributed by atoms with Crippen LogP contribution in [0.5, 0.6) is 5.75 Å². The van der Waals surface area contributed by atoms with Gasteiger partial charge in [0.2, 0.25) is 0 Å². The van der Waals surface area contributed by atoms with Crippen LogP contribution in [0.1, 0.15) is 35.5 Å². The van der Waals surface area contributed by atoms with E-state index in [2.05, 4.69) is 22.0 Å². The molecule has 110 valence electrons. The van der Waals surface area contributed by atoms with Crippen molar-refractivity contribution in [2.45, 2.75) is 32.4 Å². The molecule has 2 atom stereocenters. The van der Waals surface area contributed by atoms with Gasteiger partial charge in [0, 0.05) is 20.8 Å². The van der Waals surface area contributed by atoms with Gasteiger partial charge in [0.1, 0.15) is 11.9 Å². The second kappa shape index (κ2) is 7.08. The Hall–Kier alpha value is -1.35. The molecular weight excluding hydrogens is 348 g/mol. The molecule has 0 aliphatic carbocycles. The predicted molar refractivity (Wildman–Crippen MR) is 89.5 cm³/mol. The highest BCUT2D eigenvalue weighted by molar-refractivity contribution is 9.10. The highest BCUT2D eigenvalue weighted by Crippen LogP contribution is 2.33. The van der Waals surface area contributed by atoms with Crippen molar-refractivity contribution in [1.82, 2.24) is 0 Å². The minimum atomic E-state index is -0.209. The molecule has 2 N–H and O–H groups in total. The Morgan fingerprint density at radius 2 is 2.19 bits per heavy atom. The van der Waals surface area contributed by atoms with Gasteiger partial charge in [0.15, 0.2) is 0 Å². The minimum Gasteiger partial charge on any atom is -0.483 e. The highest BCUT2D eigenvalue weighted by atomic mass is 79.9. The summed E-state index contributed by atoms with van der Waals surface area (Å²) in [6.45, 7) is 4.01. The first-order valence-corrected chi connectivity index (χ1v) is 8.39. The van der Waals surface area contributed by atoms with Crippen molar-refractivity contribution in [3.63, 3.8) is 0 Å². The lowest BCUT2D eigenvalue weighted by Crippen LogP contribution is -2.31. The Bertz CT molecular complexity index is 663. The molecule has 2 unspecified atom stereocenters. The maximum atomic E-state index is 9.03. The number of ether oxygens (including phenoxy) is 1. The van der Waals surface area contributed by atoms with Gasteiger partial charge in [0.25, 0.3) is 0 Å². The maximum absolute atomic E-state index is 9.03. The van der Waals surface area contributed by atoms with Crippen LogP contribution in [0.3, 0.4) is 0 Å². The van der Waals surface area contributed by atoms with Gasteiger partial charge in [0.05, 0.1) is 11.6 Å². The summed E-state index contributed by atoms with van der Waals surface area (Å²) in [6.07, 6.45) is 0.607. The first kappa shape index (κ1) is 16.0. The monoisotopic (exact) mass is 364 g/mol. The van der Waals surface area contributed by atoms with Gasteiger partial charge in [-0.15, -0.1) is 11.3 Å². The molecule has 0 aliphatic rings. The van der Waals surface area contributed by atoms with E-state index in [0.29, 0.717) is 11.3 Å². The molecule has 2 rings (SSSR count). The lowest BCUT2D eigenvalue weighted by molar-refractivity contribution is 0.173. The maximum Gasteiger partial charge on any atom is 0.148 e. The van der Waals surface area contributed by atoms with Crippen molar-refractivity contribution in [2.24, 2.45) is 5.73 Å². The molecule has 0 amide bonds. The summed E-state index contributed by atoms with van der Waals surface area (Å²) in [5, 5.41) is 11.0. The fourth-order valence-electron chi connectivity index (χ4n) is 1.98. The molecular formula is C16H17BrN2OS. The molecule has 0 saturated carbocycles. The van der Waals surface area contributed by atoms with Gasteiger partial charge < -0.3 is 10.5 Å². The van der Waals surface area contributed by atoms with E-state index in [1.807, 2.05) is 31.4 Å². The van der Waals surface area contributed by atoms with Gasteiger partial charge in [-0.05, 0) is 53.0 Å². The fraction of sp³-hybridized carbons (Fsp3) is 0.312. The summed E-state index contributed by atoms with van der Waals surface area (Å²) in [5.74, 6) is 0.715. The molecule has 0 spiro atoms. The molecule has 21 heavy (non-hydrogen) atoms. The van der Waals surface area contributed by atoms with E-state index >= 15 is 0 Å². The first-order chi connectivity index (χ1) is 10.0. The zero-order valence-electron chi connectivity index (χ0n) is 12.0. The Labute approximate surface area is 137 Å². The predicted octanol–water partition coefficient (Wildman–Crippen LogP) is 4.55. The van der Waals surface area contributed by atoms with Crippen LogP contribution in [0.4, 0.5) is 0 Å². The van der Waals surface area contributed by atoms with E-state index in [-0.39, 0.29) is 12.1 Å². The second-order valence-electron chi connectivity index (χ2n) is 4.87. The Morgan fingerprint density at radius 1 is 1.43 bits per heavy atom. The standard InChI is InChI=1S/C16H17BrN2OS/c1-3-13(19)16(15-7-12(17)9-21-15)20-14-6-11(8-18)5-4-10(14)2/h4-7,9,13,16H,3,19H2,1-2H3. The lowest BCUT2D eigenvalue weighted by Gasteiger charge is -2.24. The Morgan fingerprint density at radius 3 is 2.76 bits per heavy atom. The number of nitrogens with two attached hydrogens (primary N) is 1. The summed E-state index contributed by atoms with van der Waals surface area (Å²) in [5.41, 5.74) is 7.82. The van der Waals surface area contributed by atoms with Crippen molar-refractivity contribution in [1.29, 1.82) is 5.26 Å². The van der Waals surface area contributed by atoms with E-state index in [1.165, 1.54) is 0 Å². The van der Waals surface area contributed by atoms with Gasteiger partial charge in [-0.3, -0.25) is 0 Å². The van der Waals surface area contributed by atoms with E-state index in [1.54, 1.807) is 23.5 Å². The SMILES string of the molecule is CCC(N)C(Oc1cc(C#N)ccc1C)c1cc(Br)cs1. The molecule has 0 bridgehead atoms. The average molecular weight is 365 g/mol. The second-order valence-corrected chi connectivity index (χ2v) is 6.73. The van der Waals surface area contributed by atoms with Crippen molar-refractivity contribution in [2.75, 3.05) is 0 Å². The van der Waals surface area contributed by atoms with E-state index < -0.39 is 0 Å². The molecule has 1 heterocycles. The number of thiophene rings is 1. The minimum absolute atomic E-state index is 0.0966. The molecule has 0 radical (unpaired) electrons. The van der Waals surface area contributed by atoms with Crippen LogP contribution < -0.4 is 10.5 Å². The quantitative estimate of drug-likeness (QED) is 0.846. The zero-order valence-corrected chi connectivity index (χ0v) is 14.4. The molecule has 3 nitrogen and oxygen atoms in total. The third kappa shape index (κ3) is 3.85. The zero-order chi connectivity index (χ0) is 15.4. The molecule has 1 aromatic heterocycles. The topological polar surface area (TPSA) is 59.0 Å². The first-order valence-electron chi connectivity index (χ1n) is 6.72. The van der Waals surface area contributed by atoms with Gasteiger partial charge >= 0.3 is 0 Å². The Kier molecular flexibility index (Phi) is 5.40. The molecule has 0 aliphatic heterocycles. The van der Waals surface area contributed by atoms with Crippen LogP contribution in [-0.2, 0) is 0 Å². The van der Waals surface area contributed by atoms with Crippen LogP contribution in [-0.4, -0.2) is 6.04 Å². The molecule has 1 aromatic carbocycles. The number of aryl methyl sites for hydroxylation is 1. The van der Waals surface area contributed by atoms with Crippen molar-refractivity contribution in [3.8, 4) is 11.8 Å². The van der Waals surface area contributed by atoms with E-state index in [4.69, 9.17) is 15.7 Å². The number of hydrogen-bond donors (Lipinski definition) is 1. The van der Waals surface area contributed by atoms with E-state index in [9.17, 15) is 0 Å². The number of rotatable bonds is 5. The normalized spacial score (nSPS) is 13.5. The van der Waals surface area contributed by atoms with Crippen LogP contribution in [0.15, 0.2) is 34.1 Å². The molecule has 2 aromatic rings. The number of nitrogens with zero attached hydrogens (tertiary/aromatic N) is 1. The average Bonchev–Trinajstić information content (AvgIpc) is 2.91. The van der Waals surface area contributed by atoms with E-state index in [0.717, 1.165) is 21.3 Å². The van der Waals surface area contributed by atoms with Crippen molar-refractivity contribution >= 4 is 27.3 Å². The van der Waals surface area contributed by atoms with Gasteiger partial charge in [-0.25, -0.2) is 0 Å². The van der Waals surface area contributed by atoms with Crippen LogP contribution in [0.2, 0.25) is 0 Å². The Balaban J connectivity index is 2.33. The fourth-order valence-corrected chi connectivity index (χ4v) is 3.53. The summed E-state index contributed by atoms with van der Waals surface area (Å²) in [4.78, 5) is 1.08. The largest absolute Gasteiger partial charge is 0.483 e. The third-order valence-corrected chi connectivity index (χ3v) is 5.05. The summed E-state index contributed by atoms with van der Waals surface area (Å²) < 4.78 is 7.18. The third-order valence-electron chi connectivity index (χ3n) is 3.30.